The number of benzene rings is 1. The number of nitrogens with zero attached hydrogens (tertiary/aromatic N) is 2. The molecule has 1 aromatic carbocycles. The van der Waals surface area contributed by atoms with Crippen molar-refractivity contribution in [1.29, 1.82) is 0 Å². The highest BCUT2D eigenvalue weighted by Gasteiger charge is 2.56. The molecule has 4 unspecified atom stereocenters. The first kappa shape index (κ1) is 14.3. The van der Waals surface area contributed by atoms with Crippen LogP contribution in [0.25, 0.3) is 10.1 Å². The van der Waals surface area contributed by atoms with Crippen molar-refractivity contribution in [3.05, 3.63) is 42.1 Å². The van der Waals surface area contributed by atoms with Crippen LogP contribution < -0.4 is 0 Å². The Bertz CT molecular complexity index is 839. The second-order valence-corrected chi connectivity index (χ2v) is 7.85. The van der Waals surface area contributed by atoms with E-state index in [1.165, 1.54) is 16.4 Å². The topological polar surface area (TPSA) is 50.3 Å². The molecule has 0 radical (unpaired) electrons. The summed E-state index contributed by atoms with van der Waals surface area (Å²) in [7, 11) is 0. The van der Waals surface area contributed by atoms with E-state index in [0.29, 0.717) is 13.0 Å². The normalized spacial score (nSPS) is 31.2. The first-order valence-electron chi connectivity index (χ1n) is 8.61. The third-order valence-electron chi connectivity index (χ3n) is 5.87. The Balaban J connectivity index is 1.38. The van der Waals surface area contributed by atoms with Gasteiger partial charge < -0.3 is 0 Å². The maximum atomic E-state index is 12.8. The fraction of sp³-hybridized carbons (Fsp3) is 0.421. The monoisotopic (exact) mass is 338 g/mol. The van der Waals surface area contributed by atoms with Crippen LogP contribution in [0.3, 0.4) is 0 Å². The number of amides is 2. The number of rotatable bonds is 3. The van der Waals surface area contributed by atoms with Crippen molar-refractivity contribution in [1.82, 2.24) is 9.27 Å². The Kier molecular flexibility index (Phi) is 3.13. The molecule has 4 atom stereocenters. The summed E-state index contributed by atoms with van der Waals surface area (Å²) in [6, 6.07) is 8.13. The Morgan fingerprint density at radius 3 is 2.38 bits per heavy atom. The molecule has 1 saturated carbocycles. The van der Waals surface area contributed by atoms with E-state index in [4.69, 9.17) is 0 Å². The van der Waals surface area contributed by atoms with Gasteiger partial charge in [-0.05, 0) is 42.3 Å². The lowest BCUT2D eigenvalue weighted by Gasteiger charge is -2.38. The van der Waals surface area contributed by atoms with Gasteiger partial charge in [0.15, 0.2) is 0 Å². The summed E-state index contributed by atoms with van der Waals surface area (Å²) >= 11 is 1.48. The molecule has 4 aliphatic rings. The molecule has 1 aromatic heterocycles. The molecule has 2 aromatic rings. The summed E-state index contributed by atoms with van der Waals surface area (Å²) in [6.45, 7) is 0.456. The predicted molar refractivity (Wildman–Crippen MR) is 92.4 cm³/mol. The molecular weight excluding hydrogens is 320 g/mol. The van der Waals surface area contributed by atoms with Crippen molar-refractivity contribution >= 4 is 33.4 Å². The molecule has 0 N–H and O–H groups in total. The summed E-state index contributed by atoms with van der Waals surface area (Å²) in [6.07, 6.45) is 7.07. The first-order valence-corrected chi connectivity index (χ1v) is 9.38. The number of carbonyl (C=O) groups is 2. The lowest BCUT2D eigenvalue weighted by atomic mass is 9.63. The van der Waals surface area contributed by atoms with Crippen molar-refractivity contribution in [2.75, 3.05) is 6.54 Å². The van der Waals surface area contributed by atoms with Gasteiger partial charge in [-0.15, -0.1) is 0 Å². The third-order valence-corrected chi connectivity index (χ3v) is 6.74. The Hall–Kier alpha value is -2.01. The molecule has 5 heteroatoms. The second kappa shape index (κ2) is 5.24. The van der Waals surface area contributed by atoms with Gasteiger partial charge in [0.1, 0.15) is 0 Å². The van der Waals surface area contributed by atoms with Gasteiger partial charge in [-0.25, -0.2) is 0 Å². The van der Waals surface area contributed by atoms with Crippen LogP contribution in [-0.2, 0) is 16.0 Å². The smallest absolute Gasteiger partial charge is 0.233 e. The van der Waals surface area contributed by atoms with E-state index in [-0.39, 0.29) is 35.5 Å². The molecule has 4 nitrogen and oxygen atoms in total. The van der Waals surface area contributed by atoms with Crippen LogP contribution in [0.1, 0.15) is 18.5 Å². The number of carbonyl (C=O) groups excluding carboxylic acids is 2. The number of aromatic nitrogens is 1. The number of hydrogen-bond acceptors (Lipinski definition) is 4. The summed E-state index contributed by atoms with van der Waals surface area (Å²) in [5, 5.41) is 1.14. The van der Waals surface area contributed by atoms with E-state index in [2.05, 4.69) is 28.7 Å². The van der Waals surface area contributed by atoms with E-state index in [1.54, 1.807) is 0 Å². The molecule has 122 valence electrons. The van der Waals surface area contributed by atoms with Gasteiger partial charge in [0.05, 0.1) is 22.2 Å². The minimum absolute atomic E-state index is 0.0450. The zero-order valence-electron chi connectivity index (χ0n) is 13.2. The highest BCUT2D eigenvalue weighted by atomic mass is 32.1. The quantitative estimate of drug-likeness (QED) is 0.638. The summed E-state index contributed by atoms with van der Waals surface area (Å²) in [4.78, 5) is 27.1. The zero-order chi connectivity index (χ0) is 16.3. The van der Waals surface area contributed by atoms with Crippen LogP contribution >= 0.6 is 11.5 Å². The zero-order valence-corrected chi connectivity index (χ0v) is 14.0. The van der Waals surface area contributed by atoms with Crippen molar-refractivity contribution in [3.8, 4) is 0 Å². The largest absolute Gasteiger partial charge is 0.282 e. The fourth-order valence-electron chi connectivity index (χ4n) is 4.69. The van der Waals surface area contributed by atoms with Crippen LogP contribution in [0.15, 0.2) is 36.4 Å². The van der Waals surface area contributed by atoms with E-state index in [0.717, 1.165) is 28.6 Å². The molecule has 2 heterocycles. The van der Waals surface area contributed by atoms with Crippen LogP contribution in [0.5, 0.6) is 0 Å². The molecule has 2 fully saturated rings. The Labute approximate surface area is 144 Å². The predicted octanol–water partition coefficient (Wildman–Crippen LogP) is 3.04. The molecular formula is C19H18N2O2S. The molecule has 2 bridgehead atoms. The van der Waals surface area contributed by atoms with E-state index in [9.17, 15) is 9.59 Å². The molecule has 3 aliphatic carbocycles. The number of imide groups is 1. The SMILES string of the molecule is O=C1C2C3C=CC(CC3)C2C(=O)N1CCc1nsc2ccccc12. The summed E-state index contributed by atoms with van der Waals surface area (Å²) in [5.74, 6) is 0.414. The van der Waals surface area contributed by atoms with E-state index < -0.39 is 0 Å². The summed E-state index contributed by atoms with van der Waals surface area (Å²) in [5.41, 5.74) is 0.993. The number of allylic oxidation sites excluding steroid dienone is 2. The van der Waals surface area contributed by atoms with Gasteiger partial charge in [-0.2, -0.15) is 4.37 Å². The molecule has 2 amide bonds. The lowest BCUT2D eigenvalue weighted by Crippen LogP contribution is -2.38. The average Bonchev–Trinajstić information content (AvgIpc) is 3.15. The van der Waals surface area contributed by atoms with E-state index in [1.807, 2.05) is 12.1 Å². The molecule has 24 heavy (non-hydrogen) atoms. The maximum absolute atomic E-state index is 12.8. The van der Waals surface area contributed by atoms with Gasteiger partial charge in [0, 0.05) is 18.4 Å². The van der Waals surface area contributed by atoms with Crippen LogP contribution in [0, 0.1) is 23.7 Å². The van der Waals surface area contributed by atoms with Gasteiger partial charge in [-0.1, -0.05) is 30.4 Å². The Morgan fingerprint density at radius 2 is 1.71 bits per heavy atom. The Morgan fingerprint density at radius 1 is 1.04 bits per heavy atom. The van der Waals surface area contributed by atoms with Crippen molar-refractivity contribution in [3.63, 3.8) is 0 Å². The number of fused-ring (bicyclic) bond motifs is 2. The molecule has 0 spiro atoms. The number of hydrogen-bond donors (Lipinski definition) is 0. The average molecular weight is 338 g/mol. The molecule has 6 rings (SSSR count). The minimum atomic E-state index is -0.103. The van der Waals surface area contributed by atoms with Crippen LogP contribution in [-0.4, -0.2) is 27.6 Å². The fourth-order valence-corrected chi connectivity index (χ4v) is 5.51. The molecule has 1 aliphatic heterocycles. The number of likely N-dealkylation sites (tertiary alicyclic amines) is 1. The highest BCUT2D eigenvalue weighted by Crippen LogP contribution is 2.49. The molecule has 1 saturated heterocycles. The standard InChI is InChI=1S/C19H18N2O2S/c22-18-16-11-5-6-12(8-7-11)17(16)19(23)21(18)10-9-14-13-3-1-2-4-15(13)24-20-14/h1-6,11-12,16-17H,7-10H2. The second-order valence-electron chi connectivity index (χ2n) is 7.05. The van der Waals surface area contributed by atoms with Gasteiger partial charge in [-0.3, -0.25) is 14.5 Å². The van der Waals surface area contributed by atoms with Crippen LogP contribution in [0.2, 0.25) is 0 Å². The summed E-state index contributed by atoms with van der Waals surface area (Å²) < 4.78 is 5.67. The van der Waals surface area contributed by atoms with Crippen molar-refractivity contribution < 1.29 is 9.59 Å². The van der Waals surface area contributed by atoms with Gasteiger partial charge in [0.2, 0.25) is 11.8 Å². The maximum Gasteiger partial charge on any atom is 0.233 e. The first-order chi connectivity index (χ1) is 11.7. The minimum Gasteiger partial charge on any atom is -0.282 e. The van der Waals surface area contributed by atoms with Gasteiger partial charge in [0.25, 0.3) is 0 Å². The highest BCUT2D eigenvalue weighted by molar-refractivity contribution is 7.13. The lowest BCUT2D eigenvalue weighted by molar-refractivity contribution is -0.140. The van der Waals surface area contributed by atoms with Gasteiger partial charge >= 0.3 is 0 Å². The van der Waals surface area contributed by atoms with Crippen molar-refractivity contribution in [2.24, 2.45) is 23.7 Å². The van der Waals surface area contributed by atoms with E-state index >= 15 is 0 Å². The third kappa shape index (κ3) is 1.94. The van der Waals surface area contributed by atoms with Crippen molar-refractivity contribution in [2.45, 2.75) is 19.3 Å². The van der Waals surface area contributed by atoms with Crippen LogP contribution in [0.4, 0.5) is 0 Å².